The summed E-state index contributed by atoms with van der Waals surface area (Å²) in [6.07, 6.45) is 5.69. The molecular weight excluding hydrogens is 370 g/mol. The number of benzene rings is 2. The van der Waals surface area contributed by atoms with E-state index in [1.54, 1.807) is 37.5 Å². The Balaban J connectivity index is 0.000000752. The molecule has 1 aliphatic rings. The number of nitrogens with one attached hydrogen (secondary N) is 1. The monoisotopic (exact) mass is 399 g/mol. The third kappa shape index (κ3) is 8.38. The van der Waals surface area contributed by atoms with E-state index < -0.39 is 0 Å². The molecule has 0 aliphatic carbocycles. The minimum Gasteiger partial charge on any atom is -0.388 e. The molecule has 0 unspecified atom stereocenters. The summed E-state index contributed by atoms with van der Waals surface area (Å²) in [7, 11) is 1.80. The molecular formula is C22H29N3O4. The fourth-order valence-corrected chi connectivity index (χ4v) is 2.27. The Hall–Kier alpha value is -3.48. The highest BCUT2D eigenvalue weighted by Crippen LogP contribution is 2.22. The van der Waals surface area contributed by atoms with Crippen molar-refractivity contribution < 1.29 is 19.2 Å². The molecule has 0 atom stereocenters. The number of carbonyl (C=O) groups excluding carboxylic acids is 3. The van der Waals surface area contributed by atoms with Crippen LogP contribution in [0.1, 0.15) is 49.0 Å². The highest BCUT2D eigenvalue weighted by atomic mass is 16.7. The second kappa shape index (κ2) is 15.6. The van der Waals surface area contributed by atoms with E-state index in [1.807, 2.05) is 37.8 Å². The zero-order valence-electron chi connectivity index (χ0n) is 17.3. The number of carbonyl (C=O) groups is 3. The van der Waals surface area contributed by atoms with Crippen LogP contribution in [0.4, 0.5) is 5.69 Å². The highest BCUT2D eigenvalue weighted by molar-refractivity contribution is 5.96. The Labute approximate surface area is 172 Å². The first-order chi connectivity index (χ1) is 14.2. The molecule has 1 N–H and O–H groups in total. The van der Waals surface area contributed by atoms with E-state index in [2.05, 4.69) is 24.3 Å². The molecule has 0 saturated carbocycles. The normalized spacial score (nSPS) is 10.4. The second-order valence-corrected chi connectivity index (χ2v) is 5.64. The first kappa shape index (κ1) is 25.5. The Bertz CT molecular complexity index is 761. The van der Waals surface area contributed by atoms with Crippen LogP contribution in [0.2, 0.25) is 0 Å². The molecule has 1 heterocycles. The van der Waals surface area contributed by atoms with Gasteiger partial charge in [-0.1, -0.05) is 56.5 Å². The van der Waals surface area contributed by atoms with Gasteiger partial charge in [0, 0.05) is 23.9 Å². The van der Waals surface area contributed by atoms with Crippen LogP contribution in [0, 0.1) is 0 Å². The van der Waals surface area contributed by atoms with Crippen molar-refractivity contribution in [2.24, 2.45) is 5.10 Å². The van der Waals surface area contributed by atoms with Crippen molar-refractivity contribution in [3.8, 4) is 5.75 Å². The SMILES string of the molecule is C=O.C=O.CCCCC.CNc1cccc(C(=O)N2N=Cc3ccccc3O2)c1. The summed E-state index contributed by atoms with van der Waals surface area (Å²) in [5.74, 6) is 0.300. The Morgan fingerprint density at radius 1 is 1.03 bits per heavy atom. The first-order valence-electron chi connectivity index (χ1n) is 9.20. The standard InChI is InChI=1S/C15H13N3O2.C5H12.2CH2O/c1-16-13-7-4-6-11(9-13)15(19)18-17-10-12-5-2-3-8-14(12)20-18;1-3-5-4-2;2*1-2/h2-10,16H,1H3;3-5H2,1-2H3;2*1H2. The molecule has 0 aromatic heterocycles. The molecule has 7 nitrogen and oxygen atoms in total. The number of hydrogen-bond acceptors (Lipinski definition) is 6. The van der Waals surface area contributed by atoms with Crippen LogP contribution >= 0.6 is 0 Å². The van der Waals surface area contributed by atoms with E-state index in [1.165, 1.54) is 19.3 Å². The predicted molar refractivity (Wildman–Crippen MR) is 116 cm³/mol. The highest BCUT2D eigenvalue weighted by Gasteiger charge is 2.21. The third-order valence-electron chi connectivity index (χ3n) is 3.68. The van der Waals surface area contributed by atoms with Gasteiger partial charge >= 0.3 is 5.91 Å². The number of unbranched alkanes of at least 4 members (excludes halogenated alkanes) is 2. The minimum absolute atomic E-state index is 0.312. The zero-order valence-corrected chi connectivity index (χ0v) is 17.3. The number of amides is 1. The van der Waals surface area contributed by atoms with E-state index in [0.29, 0.717) is 11.3 Å². The van der Waals surface area contributed by atoms with Gasteiger partial charge < -0.3 is 19.7 Å². The molecule has 0 radical (unpaired) electrons. The van der Waals surface area contributed by atoms with Gasteiger partial charge in [0.1, 0.15) is 13.6 Å². The smallest absolute Gasteiger partial charge is 0.310 e. The maximum atomic E-state index is 12.3. The second-order valence-electron chi connectivity index (χ2n) is 5.64. The summed E-state index contributed by atoms with van der Waals surface area (Å²) in [5.41, 5.74) is 2.21. The van der Waals surface area contributed by atoms with Crippen molar-refractivity contribution in [1.29, 1.82) is 0 Å². The fraction of sp³-hybridized carbons (Fsp3) is 0.273. The molecule has 156 valence electrons. The maximum Gasteiger partial charge on any atom is 0.310 e. The summed E-state index contributed by atoms with van der Waals surface area (Å²) in [6.45, 7) is 8.42. The van der Waals surface area contributed by atoms with Crippen LogP contribution in [0.3, 0.4) is 0 Å². The lowest BCUT2D eigenvalue weighted by Crippen LogP contribution is -2.32. The number of rotatable bonds is 4. The lowest BCUT2D eigenvalue weighted by Gasteiger charge is -2.21. The fourth-order valence-electron chi connectivity index (χ4n) is 2.27. The summed E-state index contributed by atoms with van der Waals surface area (Å²) in [5, 5.41) is 8.01. The topological polar surface area (TPSA) is 88.1 Å². The van der Waals surface area contributed by atoms with Crippen LogP contribution in [0.25, 0.3) is 0 Å². The molecule has 3 rings (SSSR count). The van der Waals surface area contributed by atoms with Crippen LogP contribution < -0.4 is 10.2 Å². The summed E-state index contributed by atoms with van der Waals surface area (Å²) in [6, 6.07) is 14.6. The summed E-state index contributed by atoms with van der Waals surface area (Å²) in [4.78, 5) is 33.8. The molecule has 1 aliphatic heterocycles. The summed E-state index contributed by atoms with van der Waals surface area (Å²) < 4.78 is 0. The van der Waals surface area contributed by atoms with Crippen molar-refractivity contribution in [1.82, 2.24) is 5.17 Å². The number of hydroxylamine groups is 1. The number of fused-ring (bicyclic) bond motifs is 1. The Kier molecular flexibility index (Phi) is 13.7. The minimum atomic E-state index is -0.312. The molecule has 29 heavy (non-hydrogen) atoms. The molecule has 2 aromatic carbocycles. The molecule has 7 heteroatoms. The number of nitrogens with zero attached hydrogens (tertiary/aromatic N) is 2. The molecule has 0 bridgehead atoms. The van der Waals surface area contributed by atoms with Crippen LogP contribution in [-0.4, -0.2) is 37.9 Å². The zero-order chi connectivity index (χ0) is 22.1. The lowest BCUT2D eigenvalue weighted by atomic mass is 10.2. The Morgan fingerprint density at radius 3 is 2.28 bits per heavy atom. The Morgan fingerprint density at radius 2 is 1.69 bits per heavy atom. The average Bonchev–Trinajstić information content (AvgIpc) is 2.82. The molecule has 0 saturated heterocycles. The average molecular weight is 399 g/mol. The van der Waals surface area contributed by atoms with E-state index in [-0.39, 0.29) is 5.91 Å². The molecule has 0 fully saturated rings. The first-order valence-corrected chi connectivity index (χ1v) is 9.20. The molecule has 1 amide bonds. The van der Waals surface area contributed by atoms with Gasteiger partial charge in [-0.3, -0.25) is 4.79 Å². The number of hydrogen-bond donors (Lipinski definition) is 1. The van der Waals surface area contributed by atoms with Gasteiger partial charge in [0.2, 0.25) is 0 Å². The van der Waals surface area contributed by atoms with Gasteiger partial charge in [-0.2, -0.15) is 0 Å². The number of hydrazone groups is 1. The van der Waals surface area contributed by atoms with Crippen molar-refractivity contribution in [3.63, 3.8) is 0 Å². The lowest BCUT2D eigenvalue weighted by molar-refractivity contribution is -0.0987. The summed E-state index contributed by atoms with van der Waals surface area (Å²) >= 11 is 0. The van der Waals surface area contributed by atoms with Crippen LogP contribution in [0.15, 0.2) is 53.6 Å². The van der Waals surface area contributed by atoms with Gasteiger partial charge in [0.15, 0.2) is 5.75 Å². The van der Waals surface area contributed by atoms with E-state index in [9.17, 15) is 4.79 Å². The van der Waals surface area contributed by atoms with Gasteiger partial charge in [0.25, 0.3) is 0 Å². The predicted octanol–water partition coefficient (Wildman–Crippen LogP) is 4.34. The van der Waals surface area contributed by atoms with Crippen molar-refractivity contribution in [2.45, 2.75) is 33.1 Å². The van der Waals surface area contributed by atoms with Crippen LogP contribution in [-0.2, 0) is 9.59 Å². The van der Waals surface area contributed by atoms with Gasteiger partial charge in [-0.15, -0.1) is 5.10 Å². The third-order valence-corrected chi connectivity index (χ3v) is 3.68. The quantitative estimate of drug-likeness (QED) is 0.826. The van der Waals surface area contributed by atoms with E-state index >= 15 is 0 Å². The number of anilines is 1. The van der Waals surface area contributed by atoms with Crippen LogP contribution in [0.5, 0.6) is 5.75 Å². The van der Waals surface area contributed by atoms with Crippen molar-refractivity contribution >= 4 is 31.4 Å². The van der Waals surface area contributed by atoms with E-state index in [0.717, 1.165) is 16.4 Å². The number of para-hydroxylation sites is 1. The largest absolute Gasteiger partial charge is 0.388 e. The van der Waals surface area contributed by atoms with Gasteiger partial charge in [0.05, 0.1) is 6.21 Å². The van der Waals surface area contributed by atoms with Gasteiger partial charge in [-0.25, -0.2) is 0 Å². The van der Waals surface area contributed by atoms with Crippen molar-refractivity contribution in [2.75, 3.05) is 12.4 Å². The van der Waals surface area contributed by atoms with Gasteiger partial charge in [-0.05, 0) is 30.3 Å². The maximum absolute atomic E-state index is 12.3. The molecule has 0 spiro atoms. The molecule has 2 aromatic rings. The van der Waals surface area contributed by atoms with Crippen molar-refractivity contribution in [3.05, 3.63) is 59.7 Å². The van der Waals surface area contributed by atoms with E-state index in [4.69, 9.17) is 14.4 Å².